The van der Waals surface area contributed by atoms with E-state index in [1.54, 1.807) is 18.2 Å². The Kier molecular flexibility index (Phi) is 4.00. The van der Waals surface area contributed by atoms with E-state index in [1.807, 2.05) is 0 Å². The number of benzene rings is 1. The number of hydrogen-bond acceptors (Lipinski definition) is 5. The van der Waals surface area contributed by atoms with Crippen LogP contribution in [0.15, 0.2) is 35.0 Å². The maximum atomic E-state index is 11.9. The summed E-state index contributed by atoms with van der Waals surface area (Å²) in [6.07, 6.45) is 7.13. The van der Waals surface area contributed by atoms with Gasteiger partial charge < -0.3 is 4.74 Å². The number of nitrogens with zero attached hydrogens (tertiary/aromatic N) is 2. The average molecular weight is 300 g/mol. The van der Waals surface area contributed by atoms with Gasteiger partial charge in [0.2, 0.25) is 5.90 Å². The predicted octanol–water partition coefficient (Wildman–Crippen LogP) is 3.47. The van der Waals surface area contributed by atoms with Crippen molar-refractivity contribution in [2.45, 2.75) is 32.1 Å². The topological polar surface area (TPSA) is 81.8 Å². The molecule has 2 aliphatic rings. The number of nitro benzene ring substituents is 1. The summed E-state index contributed by atoms with van der Waals surface area (Å²) in [5.41, 5.74) is 0.961. The Morgan fingerprint density at radius 2 is 1.86 bits per heavy atom. The lowest BCUT2D eigenvalue weighted by Gasteiger charge is -2.19. The van der Waals surface area contributed by atoms with Crippen LogP contribution in [0.5, 0.6) is 0 Å². The number of carbonyl (C=O) groups is 1. The fourth-order valence-corrected chi connectivity index (χ4v) is 2.80. The van der Waals surface area contributed by atoms with Gasteiger partial charge in [-0.1, -0.05) is 19.3 Å². The van der Waals surface area contributed by atoms with Crippen LogP contribution in [0, 0.1) is 16.0 Å². The summed E-state index contributed by atoms with van der Waals surface area (Å²) in [5.74, 6) is 0.317. The zero-order chi connectivity index (χ0) is 15.5. The summed E-state index contributed by atoms with van der Waals surface area (Å²) in [5, 5.41) is 10.6. The van der Waals surface area contributed by atoms with Gasteiger partial charge in [0.15, 0.2) is 5.70 Å². The van der Waals surface area contributed by atoms with Crippen LogP contribution in [0.2, 0.25) is 0 Å². The first-order valence-corrected chi connectivity index (χ1v) is 7.40. The molecule has 0 amide bonds. The first-order chi connectivity index (χ1) is 10.6. The minimum Gasteiger partial charge on any atom is -0.406 e. The summed E-state index contributed by atoms with van der Waals surface area (Å²) < 4.78 is 5.28. The molecule has 1 aliphatic heterocycles. The number of nitro groups is 1. The van der Waals surface area contributed by atoms with E-state index in [2.05, 4.69) is 4.99 Å². The molecule has 6 nitrogen and oxygen atoms in total. The number of esters is 1. The molecule has 0 bridgehead atoms. The van der Waals surface area contributed by atoms with Crippen LogP contribution in [0.4, 0.5) is 5.69 Å². The van der Waals surface area contributed by atoms with Gasteiger partial charge in [-0.3, -0.25) is 10.1 Å². The predicted molar refractivity (Wildman–Crippen MR) is 81.2 cm³/mol. The lowest BCUT2D eigenvalue weighted by Crippen LogP contribution is -2.19. The van der Waals surface area contributed by atoms with Gasteiger partial charge in [0, 0.05) is 18.1 Å². The number of cyclic esters (lactones) is 1. The maximum Gasteiger partial charge on any atom is 0.363 e. The number of carbonyl (C=O) groups excluding carboxylic acids is 1. The van der Waals surface area contributed by atoms with Crippen LogP contribution in [0.1, 0.15) is 37.7 Å². The highest BCUT2D eigenvalue weighted by Crippen LogP contribution is 2.29. The molecule has 0 saturated heterocycles. The molecule has 1 aromatic carbocycles. The Balaban J connectivity index is 1.79. The molecule has 6 heteroatoms. The van der Waals surface area contributed by atoms with E-state index in [1.165, 1.54) is 18.6 Å². The van der Waals surface area contributed by atoms with Gasteiger partial charge in [0.25, 0.3) is 5.69 Å². The molecule has 1 aromatic rings. The minimum absolute atomic E-state index is 0.0162. The first-order valence-electron chi connectivity index (χ1n) is 7.40. The molecule has 22 heavy (non-hydrogen) atoms. The van der Waals surface area contributed by atoms with Gasteiger partial charge >= 0.3 is 5.97 Å². The van der Waals surface area contributed by atoms with Crippen molar-refractivity contribution in [1.82, 2.24) is 0 Å². The summed E-state index contributed by atoms with van der Waals surface area (Å²) in [6, 6.07) is 5.98. The van der Waals surface area contributed by atoms with Crippen LogP contribution in [0.25, 0.3) is 6.08 Å². The Morgan fingerprint density at radius 1 is 1.18 bits per heavy atom. The highest BCUT2D eigenvalue weighted by molar-refractivity contribution is 6.07. The first kappa shape index (κ1) is 14.4. The Morgan fingerprint density at radius 3 is 2.50 bits per heavy atom. The zero-order valence-electron chi connectivity index (χ0n) is 12.0. The van der Waals surface area contributed by atoms with Gasteiger partial charge in [-0.15, -0.1) is 0 Å². The van der Waals surface area contributed by atoms with Gasteiger partial charge in [0.1, 0.15) is 0 Å². The van der Waals surface area contributed by atoms with E-state index < -0.39 is 10.9 Å². The Hall–Kier alpha value is -2.50. The highest BCUT2D eigenvalue weighted by atomic mass is 16.6. The van der Waals surface area contributed by atoms with E-state index >= 15 is 0 Å². The molecule has 1 saturated carbocycles. The van der Waals surface area contributed by atoms with Gasteiger partial charge in [-0.25, -0.2) is 9.79 Å². The second-order valence-corrected chi connectivity index (χ2v) is 5.55. The number of ether oxygens (including phenoxy) is 1. The van der Waals surface area contributed by atoms with Crippen molar-refractivity contribution in [2.24, 2.45) is 10.9 Å². The van der Waals surface area contributed by atoms with E-state index in [4.69, 9.17) is 4.74 Å². The van der Waals surface area contributed by atoms with Crippen molar-refractivity contribution in [2.75, 3.05) is 0 Å². The van der Waals surface area contributed by atoms with Crippen LogP contribution in [-0.4, -0.2) is 16.8 Å². The lowest BCUT2D eigenvalue weighted by molar-refractivity contribution is -0.384. The fourth-order valence-electron chi connectivity index (χ4n) is 2.80. The zero-order valence-corrected chi connectivity index (χ0v) is 12.0. The van der Waals surface area contributed by atoms with Crippen LogP contribution in [0.3, 0.4) is 0 Å². The van der Waals surface area contributed by atoms with Gasteiger partial charge in [-0.05, 0) is 36.6 Å². The molecular formula is C16H16N2O4. The van der Waals surface area contributed by atoms with Crippen molar-refractivity contribution in [1.29, 1.82) is 0 Å². The molecule has 0 unspecified atom stereocenters. The average Bonchev–Trinajstić information content (AvgIpc) is 2.90. The monoisotopic (exact) mass is 300 g/mol. The lowest BCUT2D eigenvalue weighted by atomic mass is 9.89. The largest absolute Gasteiger partial charge is 0.406 e. The molecule has 3 rings (SSSR count). The van der Waals surface area contributed by atoms with Crippen molar-refractivity contribution in [3.8, 4) is 0 Å². The van der Waals surface area contributed by atoms with E-state index in [0.29, 0.717) is 11.5 Å². The Labute approximate surface area is 127 Å². The normalized spacial score (nSPS) is 20.8. The van der Waals surface area contributed by atoms with Crippen molar-refractivity contribution < 1.29 is 14.5 Å². The summed E-state index contributed by atoms with van der Waals surface area (Å²) >= 11 is 0. The third kappa shape index (κ3) is 3.05. The van der Waals surface area contributed by atoms with Crippen LogP contribution >= 0.6 is 0 Å². The molecule has 1 aliphatic carbocycles. The SMILES string of the molecule is O=C1OC(C2CCCCC2)=NC1=Cc1ccc([N+](=O)[O-])cc1. The maximum absolute atomic E-state index is 11.9. The number of hydrogen-bond donors (Lipinski definition) is 0. The summed E-state index contributed by atoms with van der Waals surface area (Å²) in [7, 11) is 0. The second-order valence-electron chi connectivity index (χ2n) is 5.55. The van der Waals surface area contributed by atoms with Gasteiger partial charge in [0.05, 0.1) is 4.92 Å². The molecule has 0 aromatic heterocycles. The fraction of sp³-hybridized carbons (Fsp3) is 0.375. The third-order valence-corrected chi connectivity index (χ3v) is 4.00. The Bertz CT molecular complexity index is 655. The molecule has 0 radical (unpaired) electrons. The molecule has 1 fully saturated rings. The molecule has 0 atom stereocenters. The summed E-state index contributed by atoms with van der Waals surface area (Å²) in [6.45, 7) is 0. The van der Waals surface area contributed by atoms with Gasteiger partial charge in [-0.2, -0.15) is 0 Å². The van der Waals surface area contributed by atoms with Crippen molar-refractivity contribution in [3.05, 3.63) is 45.6 Å². The number of non-ortho nitro benzene ring substituents is 1. The van der Waals surface area contributed by atoms with Crippen molar-refractivity contribution in [3.63, 3.8) is 0 Å². The molecule has 1 heterocycles. The minimum atomic E-state index is -0.458. The number of aliphatic imine (C=N–C) groups is 1. The van der Waals surface area contributed by atoms with E-state index in [-0.39, 0.29) is 17.3 Å². The quantitative estimate of drug-likeness (QED) is 0.370. The standard InChI is InChI=1S/C16H16N2O4/c19-16-14(10-11-6-8-13(9-7-11)18(20)21)17-15(22-16)12-4-2-1-3-5-12/h6-10,12H,1-5H2. The molecular weight excluding hydrogens is 284 g/mol. The number of rotatable bonds is 3. The third-order valence-electron chi connectivity index (χ3n) is 4.00. The highest BCUT2D eigenvalue weighted by Gasteiger charge is 2.30. The van der Waals surface area contributed by atoms with Crippen LogP contribution < -0.4 is 0 Å². The molecule has 0 N–H and O–H groups in total. The van der Waals surface area contributed by atoms with Crippen LogP contribution in [-0.2, 0) is 9.53 Å². The second kappa shape index (κ2) is 6.09. The molecule has 0 spiro atoms. The van der Waals surface area contributed by atoms with Crippen molar-refractivity contribution >= 4 is 23.6 Å². The smallest absolute Gasteiger partial charge is 0.363 e. The summed E-state index contributed by atoms with van der Waals surface area (Å²) in [4.78, 5) is 26.4. The molecule has 114 valence electrons. The van der Waals surface area contributed by atoms with E-state index in [0.717, 1.165) is 25.7 Å². The van der Waals surface area contributed by atoms with E-state index in [9.17, 15) is 14.9 Å².